The van der Waals surface area contributed by atoms with Gasteiger partial charge in [-0.25, -0.2) is 27.2 Å². The van der Waals surface area contributed by atoms with E-state index in [4.69, 9.17) is 9.90 Å². The van der Waals surface area contributed by atoms with Crippen molar-refractivity contribution in [1.29, 1.82) is 0 Å². The summed E-state index contributed by atoms with van der Waals surface area (Å²) in [6.07, 6.45) is 4.73. The van der Waals surface area contributed by atoms with E-state index >= 15 is 0 Å². The van der Waals surface area contributed by atoms with E-state index in [1.165, 1.54) is 24.0 Å². The number of anilines is 3. The van der Waals surface area contributed by atoms with Gasteiger partial charge in [-0.1, -0.05) is 12.1 Å². The first kappa shape index (κ1) is 33.4. The van der Waals surface area contributed by atoms with Crippen LogP contribution < -0.4 is 10.0 Å². The van der Waals surface area contributed by atoms with Crippen LogP contribution >= 0.6 is 0 Å². The van der Waals surface area contributed by atoms with E-state index in [1.807, 2.05) is 6.07 Å². The van der Waals surface area contributed by atoms with Crippen molar-refractivity contribution in [1.82, 2.24) is 24.3 Å². The Balaban J connectivity index is 0.00000139. The van der Waals surface area contributed by atoms with Crippen molar-refractivity contribution in [3.05, 3.63) is 97.0 Å². The fraction of sp³-hybridized carbons (Fsp3) is 0.242. The van der Waals surface area contributed by atoms with Crippen molar-refractivity contribution in [3.63, 3.8) is 0 Å². The highest BCUT2D eigenvalue weighted by atomic mass is 32.2. The van der Waals surface area contributed by atoms with Gasteiger partial charge < -0.3 is 24.8 Å². The Morgan fingerprint density at radius 2 is 1.57 bits per heavy atom. The van der Waals surface area contributed by atoms with Crippen molar-refractivity contribution in [2.45, 2.75) is 17.9 Å². The molecule has 3 aromatic carbocycles. The molecule has 47 heavy (non-hydrogen) atoms. The molecule has 0 bridgehead atoms. The standard InChI is InChI=1S/C32H33F2N7O2S.CH2O2/c1-39-16-18-40(19-17-39)13-3-14-41-15-12-24-20-23(6-11-30(24)41)29-21-31(36-22-35-29)37-25-7-9-26(10-8-25)38-44(42,43)32-27(33)4-2-5-28(32)34;2-1-3/h2,4-12,15,20-22,38H,3,13-14,16-19H2,1H3,(H,35,36,37);1H,(H,2,3). The van der Waals surface area contributed by atoms with Gasteiger partial charge in [0.2, 0.25) is 0 Å². The summed E-state index contributed by atoms with van der Waals surface area (Å²) >= 11 is 0. The summed E-state index contributed by atoms with van der Waals surface area (Å²) in [5.41, 5.74) is 3.69. The molecule has 246 valence electrons. The summed E-state index contributed by atoms with van der Waals surface area (Å²) in [6, 6.07) is 19.4. The maximum absolute atomic E-state index is 14.0. The lowest BCUT2D eigenvalue weighted by Crippen LogP contribution is -2.44. The number of likely N-dealkylation sites (N-methyl/N-ethyl adjacent to an activating group) is 1. The number of carboxylic acid groups (broad SMARTS) is 1. The minimum Gasteiger partial charge on any atom is -0.483 e. The first-order valence-corrected chi connectivity index (χ1v) is 16.4. The van der Waals surface area contributed by atoms with Gasteiger partial charge in [0.15, 0.2) is 4.90 Å². The zero-order valence-corrected chi connectivity index (χ0v) is 26.5. The molecule has 0 saturated carbocycles. The molecule has 5 aromatic rings. The molecule has 0 unspecified atom stereocenters. The van der Waals surface area contributed by atoms with Crippen LogP contribution in [0.3, 0.4) is 0 Å². The fourth-order valence-corrected chi connectivity index (χ4v) is 6.59. The molecule has 1 aliphatic rings. The van der Waals surface area contributed by atoms with Gasteiger partial charge in [0.25, 0.3) is 16.5 Å². The molecule has 0 spiro atoms. The van der Waals surface area contributed by atoms with Crippen LogP contribution in [0.2, 0.25) is 0 Å². The molecule has 0 radical (unpaired) electrons. The largest absolute Gasteiger partial charge is 0.483 e. The summed E-state index contributed by atoms with van der Waals surface area (Å²) in [4.78, 5) is 21.0. The van der Waals surface area contributed by atoms with Gasteiger partial charge in [-0.3, -0.25) is 9.52 Å². The molecule has 1 saturated heterocycles. The zero-order chi connectivity index (χ0) is 33.4. The predicted molar refractivity (Wildman–Crippen MR) is 177 cm³/mol. The number of nitrogens with one attached hydrogen (secondary N) is 2. The van der Waals surface area contributed by atoms with E-state index in [0.717, 1.165) is 80.5 Å². The molecule has 0 atom stereocenters. The Labute approximate surface area is 271 Å². The average Bonchev–Trinajstić information content (AvgIpc) is 3.45. The number of fused-ring (bicyclic) bond motifs is 1. The second-order valence-corrected chi connectivity index (χ2v) is 12.7. The first-order valence-electron chi connectivity index (χ1n) is 14.9. The first-order chi connectivity index (χ1) is 22.7. The molecular formula is C33H35F2N7O4S. The predicted octanol–water partition coefficient (Wildman–Crippen LogP) is 5.26. The normalized spacial score (nSPS) is 13.9. The highest BCUT2D eigenvalue weighted by molar-refractivity contribution is 7.92. The number of aromatic nitrogens is 3. The summed E-state index contributed by atoms with van der Waals surface area (Å²) in [7, 11) is -2.28. The van der Waals surface area contributed by atoms with E-state index in [1.54, 1.807) is 12.1 Å². The van der Waals surface area contributed by atoms with Crippen molar-refractivity contribution in [3.8, 4) is 11.3 Å². The van der Waals surface area contributed by atoms with Gasteiger partial charge in [0.1, 0.15) is 23.8 Å². The number of nitrogens with zero attached hydrogens (tertiary/aromatic N) is 5. The molecule has 11 nitrogen and oxygen atoms in total. The Bertz CT molecular complexity index is 1910. The summed E-state index contributed by atoms with van der Waals surface area (Å²) in [6.45, 7) is 6.36. The molecular weight excluding hydrogens is 628 g/mol. The van der Waals surface area contributed by atoms with Gasteiger partial charge in [0.05, 0.1) is 5.69 Å². The molecule has 3 heterocycles. The van der Waals surface area contributed by atoms with Crippen molar-refractivity contribution in [2.24, 2.45) is 0 Å². The minimum absolute atomic E-state index is 0.154. The Hall–Kier alpha value is -4.92. The van der Waals surface area contributed by atoms with Gasteiger partial charge >= 0.3 is 0 Å². The third kappa shape index (κ3) is 8.47. The number of benzene rings is 3. The van der Waals surface area contributed by atoms with E-state index in [2.05, 4.69) is 71.9 Å². The minimum atomic E-state index is -4.45. The lowest BCUT2D eigenvalue weighted by Gasteiger charge is -2.32. The van der Waals surface area contributed by atoms with Crippen molar-refractivity contribution >= 4 is 44.6 Å². The Kier molecular flexibility index (Phi) is 10.8. The number of hydrogen-bond acceptors (Lipinski definition) is 8. The van der Waals surface area contributed by atoms with Gasteiger partial charge in [-0.05, 0) is 74.6 Å². The topological polar surface area (TPSA) is 133 Å². The smallest absolute Gasteiger partial charge is 0.290 e. The van der Waals surface area contributed by atoms with Crippen LogP contribution in [0.1, 0.15) is 6.42 Å². The zero-order valence-electron chi connectivity index (χ0n) is 25.7. The lowest BCUT2D eigenvalue weighted by molar-refractivity contribution is -0.122. The Morgan fingerprint density at radius 1 is 0.894 bits per heavy atom. The van der Waals surface area contributed by atoms with Crippen LogP contribution in [-0.4, -0.2) is 84.1 Å². The summed E-state index contributed by atoms with van der Waals surface area (Å²) < 4.78 is 57.7. The second-order valence-electron chi connectivity index (χ2n) is 11.0. The van der Waals surface area contributed by atoms with E-state index < -0.39 is 26.6 Å². The quantitative estimate of drug-likeness (QED) is 0.171. The number of carbonyl (C=O) groups is 1. The fourth-order valence-electron chi connectivity index (χ4n) is 5.39. The van der Waals surface area contributed by atoms with E-state index in [9.17, 15) is 17.2 Å². The van der Waals surface area contributed by atoms with Crippen LogP contribution in [0.25, 0.3) is 22.2 Å². The van der Waals surface area contributed by atoms with Gasteiger partial charge in [0, 0.05) is 72.8 Å². The maximum atomic E-state index is 14.0. The third-order valence-corrected chi connectivity index (χ3v) is 9.23. The van der Waals surface area contributed by atoms with E-state index in [0.29, 0.717) is 11.5 Å². The van der Waals surface area contributed by atoms with Crippen molar-refractivity contribution < 1.29 is 27.1 Å². The van der Waals surface area contributed by atoms with Crippen LogP contribution in [0.5, 0.6) is 0 Å². The Morgan fingerprint density at radius 3 is 2.28 bits per heavy atom. The van der Waals surface area contributed by atoms with Gasteiger partial charge in [-0.2, -0.15) is 0 Å². The van der Waals surface area contributed by atoms with E-state index in [-0.39, 0.29) is 12.2 Å². The number of rotatable bonds is 10. The molecule has 14 heteroatoms. The summed E-state index contributed by atoms with van der Waals surface area (Å²) in [5, 5.41) is 11.2. The molecule has 1 fully saturated rings. The maximum Gasteiger partial charge on any atom is 0.290 e. The molecule has 0 aliphatic carbocycles. The molecule has 1 aliphatic heterocycles. The molecule has 3 N–H and O–H groups in total. The number of aryl methyl sites for hydroxylation is 1. The van der Waals surface area contributed by atoms with Crippen LogP contribution in [0, 0.1) is 11.6 Å². The number of sulfonamides is 1. The molecule has 2 aromatic heterocycles. The van der Waals surface area contributed by atoms with Crippen LogP contribution in [-0.2, 0) is 21.4 Å². The van der Waals surface area contributed by atoms with Crippen molar-refractivity contribution in [2.75, 3.05) is 49.8 Å². The lowest BCUT2D eigenvalue weighted by atomic mass is 10.1. The monoisotopic (exact) mass is 663 g/mol. The highest BCUT2D eigenvalue weighted by Gasteiger charge is 2.24. The number of piperazine rings is 1. The van der Waals surface area contributed by atoms with Crippen LogP contribution in [0.15, 0.2) is 90.2 Å². The third-order valence-electron chi connectivity index (χ3n) is 7.80. The number of halogens is 2. The SMILES string of the molecule is CN1CCN(CCCn2ccc3cc(-c4cc(Nc5ccc(NS(=O)(=O)c6c(F)cccc6F)cc5)ncn4)ccc32)CC1.O=CO. The second kappa shape index (κ2) is 15.1. The summed E-state index contributed by atoms with van der Waals surface area (Å²) in [5.74, 6) is -1.77. The van der Waals surface area contributed by atoms with Gasteiger partial charge in [-0.15, -0.1) is 0 Å². The number of hydrogen-bond donors (Lipinski definition) is 3. The molecule has 6 rings (SSSR count). The van der Waals surface area contributed by atoms with Crippen LogP contribution in [0.4, 0.5) is 26.0 Å². The average molecular weight is 664 g/mol. The highest BCUT2D eigenvalue weighted by Crippen LogP contribution is 2.27. The molecule has 0 amide bonds.